The minimum absolute atomic E-state index is 0. The van der Waals surface area contributed by atoms with Crippen molar-refractivity contribution in [3.05, 3.63) is 102 Å². The number of aromatic hydroxyl groups is 2. The van der Waals surface area contributed by atoms with Crippen LogP contribution in [0.2, 0.25) is 0 Å². The summed E-state index contributed by atoms with van der Waals surface area (Å²) in [5.74, 6) is -3.25. The normalized spacial score (nSPS) is 8.69. The molecule has 0 aromatic heterocycles. The van der Waals surface area contributed by atoms with Crippen molar-refractivity contribution in [3.8, 4) is 11.5 Å². The van der Waals surface area contributed by atoms with Gasteiger partial charge in [-0.2, -0.15) is 0 Å². The van der Waals surface area contributed by atoms with Crippen LogP contribution in [0.5, 0.6) is 11.5 Å². The maximum Gasteiger partial charge on any atom is 2.00 e. The molecule has 7 heteroatoms. The number of hydrogen-bond acceptors (Lipinski definition) is 6. The van der Waals surface area contributed by atoms with Gasteiger partial charge in [0.1, 0.15) is 11.5 Å². The van der Waals surface area contributed by atoms with E-state index in [1.165, 1.54) is 42.0 Å². The van der Waals surface area contributed by atoms with Crippen LogP contribution in [-0.4, -0.2) is 59.9 Å². The number of rotatable bonds is 3. The second-order valence-electron chi connectivity index (χ2n) is 5.22. The molecule has 0 bridgehead atoms. The Bertz CT molecular complexity index is 870. The number of carbonyl (C=O) groups is 2. The number of benzene rings is 3. The van der Waals surface area contributed by atoms with Gasteiger partial charge in [0.2, 0.25) is 0 Å². The number of aromatic carboxylic acids is 2. The summed E-state index contributed by atoms with van der Waals surface area (Å²) >= 11 is 0. The molecule has 3 aromatic rings. The van der Waals surface area contributed by atoms with Gasteiger partial charge >= 0.3 is 37.7 Å². The molecule has 0 radical (unpaired) electrons. The van der Waals surface area contributed by atoms with Gasteiger partial charge < -0.3 is 30.0 Å². The summed E-state index contributed by atoms with van der Waals surface area (Å²) in [5.41, 5.74) is 0.817. The maximum atomic E-state index is 10.2. The molecule has 0 aliphatic heterocycles. The van der Waals surface area contributed by atoms with Crippen LogP contribution in [0.25, 0.3) is 6.08 Å². The first-order chi connectivity index (χ1) is 13.4. The van der Waals surface area contributed by atoms with E-state index in [9.17, 15) is 19.8 Å². The predicted octanol–water partition coefficient (Wildman–Crippen LogP) is 1.46. The molecule has 2 N–H and O–H groups in total. The Kier molecular flexibility index (Phi) is 12.9. The van der Waals surface area contributed by atoms with Crippen molar-refractivity contribution in [2.45, 2.75) is 0 Å². The summed E-state index contributed by atoms with van der Waals surface area (Å²) in [6.45, 7) is 3.63. The molecule has 29 heavy (non-hydrogen) atoms. The number of carboxylic acids is 2. The Morgan fingerprint density at radius 2 is 1.03 bits per heavy atom. The molecule has 0 amide bonds. The molecule has 6 nitrogen and oxygen atoms in total. The molecule has 0 atom stereocenters. The van der Waals surface area contributed by atoms with Crippen molar-refractivity contribution in [1.29, 1.82) is 0 Å². The SMILES string of the molecule is C=Cc1ccccc1.O=C([O-])c1ccccc1O.O=C([O-])c1ccccc1O.[Ca+2]. The van der Waals surface area contributed by atoms with Gasteiger partial charge in [-0.3, -0.25) is 0 Å². The van der Waals surface area contributed by atoms with E-state index < -0.39 is 11.9 Å². The Hall–Kier alpha value is -2.80. The summed E-state index contributed by atoms with van der Waals surface area (Å²) < 4.78 is 0. The van der Waals surface area contributed by atoms with Crippen LogP contribution in [0.4, 0.5) is 0 Å². The van der Waals surface area contributed by atoms with Crippen LogP contribution in [0.3, 0.4) is 0 Å². The second kappa shape index (κ2) is 14.2. The molecule has 0 aliphatic carbocycles. The van der Waals surface area contributed by atoms with Gasteiger partial charge in [-0.25, -0.2) is 0 Å². The number of carbonyl (C=O) groups excluding carboxylic acids is 2. The Labute approximate surface area is 198 Å². The Morgan fingerprint density at radius 1 is 0.690 bits per heavy atom. The van der Waals surface area contributed by atoms with Crippen LogP contribution < -0.4 is 10.2 Å². The van der Waals surface area contributed by atoms with Gasteiger partial charge in [0.25, 0.3) is 0 Å². The van der Waals surface area contributed by atoms with Crippen LogP contribution in [0.15, 0.2) is 85.4 Å². The minimum Gasteiger partial charge on any atom is -0.545 e. The molecule has 0 unspecified atom stereocenters. The van der Waals surface area contributed by atoms with E-state index in [0.29, 0.717) is 0 Å². The quantitative estimate of drug-likeness (QED) is 0.621. The van der Waals surface area contributed by atoms with Gasteiger partial charge in [0, 0.05) is 11.1 Å². The zero-order valence-electron chi connectivity index (χ0n) is 15.5. The fourth-order valence-corrected chi connectivity index (χ4v) is 1.88. The molecule has 0 heterocycles. The molecule has 0 spiro atoms. The van der Waals surface area contributed by atoms with Crippen LogP contribution in [0.1, 0.15) is 26.3 Å². The van der Waals surface area contributed by atoms with E-state index >= 15 is 0 Å². The average Bonchev–Trinajstić information content (AvgIpc) is 2.70. The summed E-state index contributed by atoms with van der Waals surface area (Å²) in [6, 6.07) is 21.3. The van der Waals surface area contributed by atoms with Gasteiger partial charge in [-0.1, -0.05) is 67.3 Å². The Balaban J connectivity index is 0.000000401. The van der Waals surface area contributed by atoms with Crippen molar-refractivity contribution < 1.29 is 30.0 Å². The molecular formula is C22H18CaO6. The first kappa shape index (κ1) is 26.2. The fraction of sp³-hybridized carbons (Fsp3) is 0. The number of phenols is 2. The van der Waals surface area contributed by atoms with E-state index in [1.54, 1.807) is 12.1 Å². The van der Waals surface area contributed by atoms with Crippen molar-refractivity contribution in [1.82, 2.24) is 0 Å². The molecule has 0 saturated heterocycles. The average molecular weight is 418 g/mol. The number of para-hydroxylation sites is 2. The van der Waals surface area contributed by atoms with Crippen LogP contribution >= 0.6 is 0 Å². The zero-order chi connectivity index (χ0) is 20.9. The van der Waals surface area contributed by atoms with Gasteiger partial charge in [-0.05, 0) is 29.8 Å². The molecule has 0 aliphatic rings. The monoisotopic (exact) mass is 418 g/mol. The largest absolute Gasteiger partial charge is 2.00 e. The standard InChI is InChI=1S/C8H8.2C7H6O3.Ca/c1-2-8-6-4-3-5-7-8;2*8-6-4-2-1-3-5(6)7(9)10;/h2-7H,1H2;2*1-4,8H,(H,9,10);/q;;;+2/p-2. The Morgan fingerprint density at radius 3 is 1.28 bits per heavy atom. The van der Waals surface area contributed by atoms with Crippen molar-refractivity contribution >= 4 is 55.8 Å². The molecule has 3 aromatic carbocycles. The summed E-state index contributed by atoms with van der Waals surface area (Å²) in [5, 5.41) is 38.0. The van der Waals surface area contributed by atoms with Crippen molar-refractivity contribution in [2.24, 2.45) is 0 Å². The first-order valence-electron chi connectivity index (χ1n) is 8.03. The van der Waals surface area contributed by atoms with E-state index in [2.05, 4.69) is 6.58 Å². The molecular weight excluding hydrogens is 400 g/mol. The van der Waals surface area contributed by atoms with E-state index in [0.717, 1.165) is 0 Å². The van der Waals surface area contributed by atoms with Crippen LogP contribution in [-0.2, 0) is 0 Å². The minimum atomic E-state index is -1.36. The molecule has 0 fully saturated rings. The van der Waals surface area contributed by atoms with Crippen LogP contribution in [0, 0.1) is 0 Å². The first-order valence-corrected chi connectivity index (χ1v) is 8.03. The zero-order valence-corrected chi connectivity index (χ0v) is 17.7. The van der Waals surface area contributed by atoms with E-state index in [1.807, 2.05) is 36.4 Å². The molecule has 0 saturated carbocycles. The number of hydrogen-bond donors (Lipinski definition) is 2. The summed E-state index contributed by atoms with van der Waals surface area (Å²) in [6.07, 6.45) is 1.83. The van der Waals surface area contributed by atoms with Crippen molar-refractivity contribution in [2.75, 3.05) is 0 Å². The summed E-state index contributed by atoms with van der Waals surface area (Å²) in [7, 11) is 0. The second-order valence-corrected chi connectivity index (χ2v) is 5.22. The predicted molar refractivity (Wildman–Crippen MR) is 107 cm³/mol. The third-order valence-corrected chi connectivity index (χ3v) is 3.28. The topological polar surface area (TPSA) is 121 Å². The third-order valence-electron chi connectivity index (χ3n) is 3.28. The fourth-order valence-electron chi connectivity index (χ4n) is 1.88. The molecule has 3 rings (SSSR count). The van der Waals surface area contributed by atoms with E-state index in [4.69, 9.17) is 10.2 Å². The van der Waals surface area contributed by atoms with Gasteiger partial charge in [-0.15, -0.1) is 0 Å². The summed E-state index contributed by atoms with van der Waals surface area (Å²) in [4.78, 5) is 20.3. The third kappa shape index (κ3) is 9.80. The molecule has 144 valence electrons. The maximum absolute atomic E-state index is 10.2. The van der Waals surface area contributed by atoms with E-state index in [-0.39, 0.29) is 60.4 Å². The number of carboxylic acid groups (broad SMARTS) is 2. The van der Waals surface area contributed by atoms with Gasteiger partial charge in [0.05, 0.1) is 11.9 Å². The smallest absolute Gasteiger partial charge is 0.545 e. The van der Waals surface area contributed by atoms with Gasteiger partial charge in [0.15, 0.2) is 0 Å². The van der Waals surface area contributed by atoms with Crippen molar-refractivity contribution in [3.63, 3.8) is 0 Å².